The van der Waals surface area contributed by atoms with Gasteiger partial charge in [-0.15, -0.1) is 5.10 Å². The molecule has 0 saturated carbocycles. The number of halogens is 1. The van der Waals surface area contributed by atoms with Crippen LogP contribution >= 0.6 is 11.6 Å². The van der Waals surface area contributed by atoms with Crippen molar-refractivity contribution in [2.24, 2.45) is 0 Å². The van der Waals surface area contributed by atoms with Crippen LogP contribution in [0.4, 0.5) is 0 Å². The molecule has 0 fully saturated rings. The average Bonchev–Trinajstić information content (AvgIpc) is 2.80. The zero-order valence-electron chi connectivity index (χ0n) is 18.2. The summed E-state index contributed by atoms with van der Waals surface area (Å²) >= 11 is 6.07. The molecule has 3 aromatic rings. The van der Waals surface area contributed by atoms with E-state index in [2.05, 4.69) is 10.4 Å². The zero-order valence-corrected chi connectivity index (χ0v) is 19.0. The number of ether oxygens (including phenoxy) is 3. The van der Waals surface area contributed by atoms with Crippen molar-refractivity contribution in [2.75, 3.05) is 14.2 Å². The minimum atomic E-state index is -0.849. The second-order valence-electron chi connectivity index (χ2n) is 7.01. The molecule has 0 saturated heterocycles. The first kappa shape index (κ1) is 23.1. The van der Waals surface area contributed by atoms with Gasteiger partial charge in [-0.2, -0.15) is 4.68 Å². The third-order valence-corrected chi connectivity index (χ3v) is 5.02. The van der Waals surface area contributed by atoms with Gasteiger partial charge in [0.1, 0.15) is 11.5 Å². The molecular formula is C23H24ClN3O5. The van der Waals surface area contributed by atoms with Crippen LogP contribution < -0.4 is 25.1 Å². The molecule has 0 aliphatic heterocycles. The fraction of sp³-hybridized carbons (Fsp3) is 0.261. The number of benzene rings is 2. The minimum Gasteiger partial charge on any atom is -0.497 e. The van der Waals surface area contributed by atoms with Gasteiger partial charge in [0.15, 0.2) is 6.10 Å². The number of aryl methyl sites for hydroxylation is 1. The van der Waals surface area contributed by atoms with Gasteiger partial charge in [0.2, 0.25) is 5.88 Å². The minimum absolute atomic E-state index is 0.133. The summed E-state index contributed by atoms with van der Waals surface area (Å²) in [5.41, 5.74) is 1.81. The highest BCUT2D eigenvalue weighted by Gasteiger charge is 2.17. The molecule has 1 aromatic heterocycles. The number of amides is 1. The molecular weight excluding hydrogens is 434 g/mol. The summed E-state index contributed by atoms with van der Waals surface area (Å²) in [6, 6.07) is 13.3. The molecule has 0 unspecified atom stereocenters. The molecule has 2 aromatic carbocycles. The SMILES string of the molecule is COc1ccc(CNC(=O)[C@H](C)Oc2ccc(=O)n(-c3cc(Cl)ccc3C)n2)c(OC)c1. The Kier molecular flexibility index (Phi) is 7.37. The van der Waals surface area contributed by atoms with Crippen LogP contribution in [0.1, 0.15) is 18.1 Å². The Labute approximate surface area is 190 Å². The maximum absolute atomic E-state index is 12.5. The molecule has 0 spiro atoms. The molecule has 1 atom stereocenters. The van der Waals surface area contributed by atoms with Crippen molar-refractivity contribution in [1.82, 2.24) is 15.1 Å². The normalized spacial score (nSPS) is 11.5. The van der Waals surface area contributed by atoms with E-state index in [1.165, 1.54) is 16.8 Å². The van der Waals surface area contributed by atoms with Crippen molar-refractivity contribution in [1.29, 1.82) is 0 Å². The van der Waals surface area contributed by atoms with Crippen molar-refractivity contribution in [2.45, 2.75) is 26.5 Å². The molecule has 32 heavy (non-hydrogen) atoms. The predicted molar refractivity (Wildman–Crippen MR) is 121 cm³/mol. The quantitative estimate of drug-likeness (QED) is 0.558. The lowest BCUT2D eigenvalue weighted by Gasteiger charge is -2.16. The summed E-state index contributed by atoms with van der Waals surface area (Å²) in [5, 5.41) is 7.53. The van der Waals surface area contributed by atoms with Crippen molar-refractivity contribution < 1.29 is 19.0 Å². The van der Waals surface area contributed by atoms with Gasteiger partial charge >= 0.3 is 0 Å². The van der Waals surface area contributed by atoms with Gasteiger partial charge in [-0.1, -0.05) is 17.7 Å². The average molecular weight is 458 g/mol. The smallest absolute Gasteiger partial charge is 0.271 e. The Bertz CT molecular complexity index is 1180. The standard InChI is InChI=1S/C23H24ClN3O5/c1-14-5-7-17(24)11-19(14)27-22(28)10-9-21(26-27)32-15(2)23(29)25-13-16-6-8-18(30-3)12-20(16)31-4/h5-12,15H,13H2,1-4H3,(H,25,29)/t15-/m0/s1. The van der Waals surface area contributed by atoms with E-state index in [1.54, 1.807) is 51.5 Å². The van der Waals surface area contributed by atoms with E-state index in [1.807, 2.05) is 13.0 Å². The predicted octanol–water partition coefficient (Wildman–Crippen LogP) is 3.30. The van der Waals surface area contributed by atoms with Crippen molar-refractivity contribution in [3.05, 3.63) is 75.0 Å². The highest BCUT2D eigenvalue weighted by molar-refractivity contribution is 6.30. The number of carbonyl (C=O) groups is 1. The second kappa shape index (κ2) is 10.2. The molecule has 0 aliphatic carbocycles. The first-order chi connectivity index (χ1) is 15.3. The van der Waals surface area contributed by atoms with Crippen LogP contribution in [0.2, 0.25) is 5.02 Å². The Morgan fingerprint density at radius 1 is 1.12 bits per heavy atom. The Morgan fingerprint density at radius 3 is 2.62 bits per heavy atom. The first-order valence-corrected chi connectivity index (χ1v) is 10.2. The molecule has 8 nitrogen and oxygen atoms in total. The number of nitrogens with zero attached hydrogens (tertiary/aromatic N) is 2. The van der Waals surface area contributed by atoms with E-state index < -0.39 is 6.10 Å². The zero-order chi connectivity index (χ0) is 23.3. The summed E-state index contributed by atoms with van der Waals surface area (Å²) in [4.78, 5) is 24.9. The summed E-state index contributed by atoms with van der Waals surface area (Å²) in [5.74, 6) is 1.05. The molecule has 168 valence electrons. The summed E-state index contributed by atoms with van der Waals surface area (Å²) in [7, 11) is 3.12. The van der Waals surface area contributed by atoms with E-state index in [4.69, 9.17) is 25.8 Å². The van der Waals surface area contributed by atoms with E-state index in [9.17, 15) is 9.59 Å². The summed E-state index contributed by atoms with van der Waals surface area (Å²) in [6.07, 6.45) is -0.849. The fourth-order valence-corrected chi connectivity index (χ4v) is 3.17. The highest BCUT2D eigenvalue weighted by atomic mass is 35.5. The van der Waals surface area contributed by atoms with Gasteiger partial charge in [0.25, 0.3) is 11.5 Å². The lowest BCUT2D eigenvalue weighted by atomic mass is 10.2. The van der Waals surface area contributed by atoms with Crippen LogP contribution in [-0.4, -0.2) is 36.0 Å². The lowest BCUT2D eigenvalue weighted by Crippen LogP contribution is -2.36. The van der Waals surface area contributed by atoms with Crippen molar-refractivity contribution in [3.8, 4) is 23.1 Å². The van der Waals surface area contributed by atoms with Crippen molar-refractivity contribution in [3.63, 3.8) is 0 Å². The van der Waals surface area contributed by atoms with Gasteiger partial charge in [0.05, 0.1) is 19.9 Å². The van der Waals surface area contributed by atoms with E-state index in [-0.39, 0.29) is 23.9 Å². The number of rotatable bonds is 8. The van der Waals surface area contributed by atoms with Crippen LogP contribution in [0.5, 0.6) is 17.4 Å². The maximum atomic E-state index is 12.5. The number of hydrogen-bond donors (Lipinski definition) is 1. The largest absolute Gasteiger partial charge is 0.497 e. The third-order valence-electron chi connectivity index (χ3n) is 4.79. The molecule has 0 radical (unpaired) electrons. The molecule has 1 amide bonds. The van der Waals surface area contributed by atoms with Crippen molar-refractivity contribution >= 4 is 17.5 Å². The number of carbonyl (C=O) groups excluding carboxylic acids is 1. The molecule has 9 heteroatoms. The van der Waals surface area contributed by atoms with Crippen LogP contribution in [0, 0.1) is 6.92 Å². The number of hydrogen-bond acceptors (Lipinski definition) is 6. The molecule has 0 aliphatic rings. The lowest BCUT2D eigenvalue weighted by molar-refractivity contribution is -0.127. The Hall–Kier alpha value is -3.52. The van der Waals surface area contributed by atoms with E-state index >= 15 is 0 Å². The summed E-state index contributed by atoms with van der Waals surface area (Å²) < 4.78 is 17.4. The molecule has 0 bridgehead atoms. The van der Waals surface area contributed by atoms with E-state index in [0.29, 0.717) is 22.2 Å². The van der Waals surface area contributed by atoms with E-state index in [0.717, 1.165) is 11.1 Å². The number of methoxy groups -OCH3 is 2. The highest BCUT2D eigenvalue weighted by Crippen LogP contribution is 2.24. The Morgan fingerprint density at radius 2 is 1.91 bits per heavy atom. The number of aromatic nitrogens is 2. The van der Waals surface area contributed by atoms with Gasteiger partial charge in [-0.3, -0.25) is 9.59 Å². The van der Waals surface area contributed by atoms with Gasteiger partial charge in [0, 0.05) is 35.3 Å². The van der Waals surface area contributed by atoms with Gasteiger partial charge in [-0.05, 0) is 43.7 Å². The van der Waals surface area contributed by atoms with Gasteiger partial charge < -0.3 is 19.5 Å². The first-order valence-electron chi connectivity index (χ1n) is 9.84. The second-order valence-corrected chi connectivity index (χ2v) is 7.44. The van der Waals surface area contributed by atoms with Crippen LogP contribution in [0.25, 0.3) is 5.69 Å². The number of nitrogens with one attached hydrogen (secondary N) is 1. The monoisotopic (exact) mass is 457 g/mol. The van der Waals surface area contributed by atoms with Crippen LogP contribution in [-0.2, 0) is 11.3 Å². The Balaban J connectivity index is 1.71. The van der Waals surface area contributed by atoms with Crippen LogP contribution in [0.15, 0.2) is 53.3 Å². The third kappa shape index (κ3) is 5.39. The van der Waals surface area contributed by atoms with Gasteiger partial charge in [-0.25, -0.2) is 0 Å². The topological polar surface area (TPSA) is 91.7 Å². The maximum Gasteiger partial charge on any atom is 0.271 e. The summed E-state index contributed by atoms with van der Waals surface area (Å²) in [6.45, 7) is 3.69. The molecule has 3 rings (SSSR count). The van der Waals surface area contributed by atoms with Crippen LogP contribution in [0.3, 0.4) is 0 Å². The molecule has 1 heterocycles. The fourth-order valence-electron chi connectivity index (χ4n) is 3.00. The molecule has 1 N–H and O–H groups in total.